The van der Waals surface area contributed by atoms with Crippen molar-refractivity contribution in [2.45, 2.75) is 33.6 Å². The smallest absolute Gasteiger partial charge is 0.188 e. The lowest BCUT2D eigenvalue weighted by molar-refractivity contribution is 0.0442. The van der Waals surface area contributed by atoms with Crippen molar-refractivity contribution >= 4 is 0 Å². The zero-order valence-electron chi connectivity index (χ0n) is 16.9. The molecular weight excluding hydrogens is 332 g/mol. The lowest BCUT2D eigenvalue weighted by Gasteiger charge is -2.21. The molecular formula is C21H32O5. The maximum absolute atomic E-state index is 5.79. The lowest BCUT2D eigenvalue weighted by Crippen LogP contribution is -2.11. The number of ether oxygens (including phenoxy) is 5. The number of rotatable bonds is 12. The molecule has 0 heterocycles. The number of hydrogen-bond donors (Lipinski definition) is 0. The average molecular weight is 364 g/mol. The van der Waals surface area contributed by atoms with E-state index in [-0.39, 0.29) is 19.5 Å². The van der Waals surface area contributed by atoms with E-state index in [4.69, 9.17) is 23.7 Å². The van der Waals surface area contributed by atoms with E-state index < -0.39 is 0 Å². The number of hydrogen-bond acceptors (Lipinski definition) is 5. The predicted octanol–water partition coefficient (Wildman–Crippen LogP) is 4.75. The third-order valence-electron chi connectivity index (χ3n) is 4.00. The van der Waals surface area contributed by atoms with Gasteiger partial charge in [-0.2, -0.15) is 0 Å². The number of methoxy groups -OCH3 is 3. The van der Waals surface area contributed by atoms with Gasteiger partial charge in [-0.25, -0.2) is 0 Å². The van der Waals surface area contributed by atoms with Gasteiger partial charge in [-0.05, 0) is 39.5 Å². The van der Waals surface area contributed by atoms with E-state index in [9.17, 15) is 0 Å². The molecule has 1 rings (SSSR count). The first-order chi connectivity index (χ1) is 12.4. The van der Waals surface area contributed by atoms with Gasteiger partial charge in [0.1, 0.15) is 17.2 Å². The lowest BCUT2D eigenvalue weighted by atomic mass is 9.89. The molecule has 1 aromatic carbocycles. The molecule has 0 bridgehead atoms. The highest BCUT2D eigenvalue weighted by molar-refractivity contribution is 5.51. The molecule has 0 spiro atoms. The minimum absolute atomic E-state index is 0.148. The van der Waals surface area contributed by atoms with Crippen LogP contribution in [0.3, 0.4) is 0 Å². The molecule has 0 aromatic heterocycles. The third-order valence-corrected chi connectivity index (χ3v) is 4.00. The van der Waals surface area contributed by atoms with Crippen LogP contribution in [0.15, 0.2) is 35.9 Å². The van der Waals surface area contributed by atoms with Crippen LogP contribution in [-0.2, 0) is 15.9 Å². The zero-order chi connectivity index (χ0) is 19.5. The number of benzene rings is 1. The second-order valence-corrected chi connectivity index (χ2v) is 6.47. The van der Waals surface area contributed by atoms with E-state index in [0.717, 1.165) is 24.0 Å². The zero-order valence-corrected chi connectivity index (χ0v) is 16.9. The molecule has 26 heavy (non-hydrogen) atoms. The first-order valence-corrected chi connectivity index (χ1v) is 8.66. The Bertz CT molecular complexity index is 573. The largest absolute Gasteiger partial charge is 0.496 e. The van der Waals surface area contributed by atoms with Gasteiger partial charge in [0.15, 0.2) is 13.6 Å². The molecule has 0 saturated heterocycles. The highest BCUT2D eigenvalue weighted by Gasteiger charge is 2.19. The summed E-state index contributed by atoms with van der Waals surface area (Å²) < 4.78 is 27.1. The van der Waals surface area contributed by atoms with Crippen LogP contribution < -0.4 is 14.2 Å². The van der Waals surface area contributed by atoms with Gasteiger partial charge in [-0.15, -0.1) is 0 Å². The summed E-state index contributed by atoms with van der Waals surface area (Å²) in [6.45, 7) is 10.7. The van der Waals surface area contributed by atoms with Crippen LogP contribution in [0.5, 0.6) is 17.2 Å². The molecule has 5 heteroatoms. The second kappa shape index (κ2) is 11.6. The molecule has 1 aromatic rings. The minimum Gasteiger partial charge on any atom is -0.496 e. The molecule has 146 valence electrons. The van der Waals surface area contributed by atoms with E-state index in [1.165, 1.54) is 5.57 Å². The van der Waals surface area contributed by atoms with Crippen molar-refractivity contribution in [2.24, 2.45) is 5.92 Å². The Balaban J connectivity index is 3.27. The number of allylic oxidation sites excluding steroid dienone is 3. The van der Waals surface area contributed by atoms with Crippen molar-refractivity contribution in [1.29, 1.82) is 0 Å². The molecule has 1 atom stereocenters. The topological polar surface area (TPSA) is 46.2 Å². The van der Waals surface area contributed by atoms with Crippen molar-refractivity contribution in [1.82, 2.24) is 0 Å². The van der Waals surface area contributed by atoms with Crippen LogP contribution in [0.25, 0.3) is 0 Å². The van der Waals surface area contributed by atoms with Gasteiger partial charge in [-0.3, -0.25) is 0 Å². The standard InChI is InChI=1S/C21H32O5/c1-15(2)8-9-17(16(3)4)10-19-20(25-13-22-5)11-18(24-7)12-21(19)26-14-23-6/h8,11-12,17H,3,9-10,13-14H2,1-2,4-7H3. The molecule has 5 nitrogen and oxygen atoms in total. The molecule has 0 aliphatic carbocycles. The van der Waals surface area contributed by atoms with E-state index in [1.54, 1.807) is 21.3 Å². The van der Waals surface area contributed by atoms with Crippen LogP contribution in [-0.4, -0.2) is 34.9 Å². The van der Waals surface area contributed by atoms with Gasteiger partial charge in [0.2, 0.25) is 0 Å². The van der Waals surface area contributed by atoms with Crippen LogP contribution in [0.4, 0.5) is 0 Å². The fourth-order valence-corrected chi connectivity index (χ4v) is 2.50. The van der Waals surface area contributed by atoms with Crippen molar-refractivity contribution in [2.75, 3.05) is 34.9 Å². The Labute approximate surface area is 157 Å². The Morgan fingerprint density at radius 2 is 1.54 bits per heavy atom. The predicted molar refractivity (Wildman–Crippen MR) is 104 cm³/mol. The minimum atomic E-state index is 0.148. The fourth-order valence-electron chi connectivity index (χ4n) is 2.50. The summed E-state index contributed by atoms with van der Waals surface area (Å²) in [6.07, 6.45) is 3.88. The summed E-state index contributed by atoms with van der Waals surface area (Å²) in [5, 5.41) is 0. The average Bonchev–Trinajstić information content (AvgIpc) is 2.61. The summed E-state index contributed by atoms with van der Waals surface area (Å²) in [4.78, 5) is 0. The summed E-state index contributed by atoms with van der Waals surface area (Å²) in [5.74, 6) is 2.29. The van der Waals surface area contributed by atoms with Crippen LogP contribution in [0.2, 0.25) is 0 Å². The van der Waals surface area contributed by atoms with E-state index in [0.29, 0.717) is 17.2 Å². The van der Waals surface area contributed by atoms with Gasteiger partial charge >= 0.3 is 0 Å². The molecule has 1 unspecified atom stereocenters. The second-order valence-electron chi connectivity index (χ2n) is 6.47. The molecule has 0 aliphatic heterocycles. The van der Waals surface area contributed by atoms with Gasteiger partial charge in [-0.1, -0.05) is 23.8 Å². The molecule has 0 fully saturated rings. The van der Waals surface area contributed by atoms with Gasteiger partial charge in [0.25, 0.3) is 0 Å². The van der Waals surface area contributed by atoms with E-state index in [2.05, 4.69) is 33.4 Å². The maximum atomic E-state index is 5.79. The summed E-state index contributed by atoms with van der Waals surface area (Å²) in [6, 6.07) is 3.70. The quantitative estimate of drug-likeness (QED) is 0.395. The highest BCUT2D eigenvalue weighted by Crippen LogP contribution is 2.37. The van der Waals surface area contributed by atoms with Crippen LogP contribution in [0.1, 0.15) is 32.8 Å². The fraction of sp³-hybridized carbons (Fsp3) is 0.524. The third kappa shape index (κ3) is 7.10. The van der Waals surface area contributed by atoms with E-state index in [1.807, 2.05) is 12.1 Å². The highest BCUT2D eigenvalue weighted by atomic mass is 16.7. The molecule has 0 aliphatic rings. The van der Waals surface area contributed by atoms with Gasteiger partial charge < -0.3 is 23.7 Å². The first kappa shape index (κ1) is 22.1. The normalized spacial score (nSPS) is 11.6. The van der Waals surface area contributed by atoms with Crippen molar-refractivity contribution in [3.05, 3.63) is 41.5 Å². The monoisotopic (exact) mass is 364 g/mol. The first-order valence-electron chi connectivity index (χ1n) is 8.66. The van der Waals surface area contributed by atoms with Crippen molar-refractivity contribution in [3.63, 3.8) is 0 Å². The molecule has 0 N–H and O–H groups in total. The Hall–Kier alpha value is -1.98. The summed E-state index contributed by atoms with van der Waals surface area (Å²) in [5.41, 5.74) is 3.36. The van der Waals surface area contributed by atoms with E-state index >= 15 is 0 Å². The van der Waals surface area contributed by atoms with Crippen molar-refractivity contribution < 1.29 is 23.7 Å². The molecule has 0 amide bonds. The maximum Gasteiger partial charge on any atom is 0.188 e. The SMILES string of the molecule is C=C(C)C(CC=C(C)C)Cc1c(OCOC)cc(OC)cc1OCOC. The van der Waals surface area contributed by atoms with Gasteiger partial charge in [0.05, 0.1) is 7.11 Å². The van der Waals surface area contributed by atoms with Crippen LogP contribution in [0, 0.1) is 5.92 Å². The summed E-state index contributed by atoms with van der Waals surface area (Å²) >= 11 is 0. The summed E-state index contributed by atoms with van der Waals surface area (Å²) in [7, 11) is 4.79. The Kier molecular flexibility index (Phi) is 9.84. The Morgan fingerprint density at radius 1 is 1.00 bits per heavy atom. The molecule has 0 saturated carbocycles. The molecule has 0 radical (unpaired) electrons. The van der Waals surface area contributed by atoms with Gasteiger partial charge in [0, 0.05) is 31.9 Å². The van der Waals surface area contributed by atoms with Crippen LogP contribution >= 0.6 is 0 Å². The Morgan fingerprint density at radius 3 is 1.92 bits per heavy atom. The van der Waals surface area contributed by atoms with Crippen molar-refractivity contribution in [3.8, 4) is 17.2 Å².